The molecule has 0 spiro atoms. The number of hydrogen-bond donors (Lipinski definition) is 2. The standard InChI is InChI=1S/C19H23ClN4O3/c1-27-11-9-21-18(25)16-15-4-2-3-10-24(15)17(23-16)19(26)22-12-13-5-7-14(20)8-6-13/h5-8H,2-4,9-12H2,1H3,(H,21,25)(H,22,26). The molecule has 0 unspecified atom stereocenters. The fourth-order valence-corrected chi connectivity index (χ4v) is 3.24. The Kier molecular flexibility index (Phi) is 6.47. The molecule has 2 amide bonds. The zero-order chi connectivity index (χ0) is 19.2. The smallest absolute Gasteiger partial charge is 0.287 e. The van der Waals surface area contributed by atoms with Gasteiger partial charge in [-0.2, -0.15) is 0 Å². The lowest BCUT2D eigenvalue weighted by Gasteiger charge is -2.17. The van der Waals surface area contributed by atoms with E-state index in [4.69, 9.17) is 16.3 Å². The van der Waals surface area contributed by atoms with Crippen LogP contribution in [-0.4, -0.2) is 41.6 Å². The highest BCUT2D eigenvalue weighted by atomic mass is 35.5. The summed E-state index contributed by atoms with van der Waals surface area (Å²) in [5.41, 5.74) is 2.10. The number of methoxy groups -OCH3 is 1. The number of imidazole rings is 1. The van der Waals surface area contributed by atoms with Crippen LogP contribution in [0.4, 0.5) is 0 Å². The second-order valence-electron chi connectivity index (χ2n) is 6.40. The van der Waals surface area contributed by atoms with Gasteiger partial charge in [0.2, 0.25) is 0 Å². The van der Waals surface area contributed by atoms with Gasteiger partial charge >= 0.3 is 0 Å². The third kappa shape index (κ3) is 4.67. The number of amides is 2. The van der Waals surface area contributed by atoms with E-state index in [2.05, 4.69) is 15.6 Å². The second-order valence-corrected chi connectivity index (χ2v) is 6.83. The van der Waals surface area contributed by atoms with Crippen LogP contribution >= 0.6 is 11.6 Å². The number of nitrogens with zero attached hydrogens (tertiary/aromatic N) is 2. The minimum atomic E-state index is -0.288. The Bertz CT molecular complexity index is 817. The molecule has 1 aliphatic rings. The first-order valence-electron chi connectivity index (χ1n) is 8.99. The quantitative estimate of drug-likeness (QED) is 0.709. The number of carbonyl (C=O) groups excluding carboxylic acids is 2. The molecule has 1 aliphatic heterocycles. The van der Waals surface area contributed by atoms with Crippen LogP contribution in [0, 0.1) is 0 Å². The number of carbonyl (C=O) groups is 2. The molecule has 8 heteroatoms. The first-order valence-corrected chi connectivity index (χ1v) is 9.37. The van der Waals surface area contributed by atoms with Crippen LogP contribution < -0.4 is 10.6 Å². The molecular formula is C19H23ClN4O3. The summed E-state index contributed by atoms with van der Waals surface area (Å²) in [4.78, 5) is 29.5. The molecular weight excluding hydrogens is 368 g/mol. The average Bonchev–Trinajstić information content (AvgIpc) is 3.07. The Hall–Kier alpha value is -2.38. The molecule has 0 bridgehead atoms. The molecule has 2 heterocycles. The van der Waals surface area contributed by atoms with Crippen LogP contribution in [0.2, 0.25) is 5.02 Å². The zero-order valence-electron chi connectivity index (χ0n) is 15.3. The molecule has 0 saturated heterocycles. The predicted molar refractivity (Wildman–Crippen MR) is 102 cm³/mol. The van der Waals surface area contributed by atoms with Gasteiger partial charge in [0, 0.05) is 31.8 Å². The van der Waals surface area contributed by atoms with Crippen LogP contribution in [0.5, 0.6) is 0 Å². The Morgan fingerprint density at radius 3 is 2.70 bits per heavy atom. The summed E-state index contributed by atoms with van der Waals surface area (Å²) in [5, 5.41) is 6.30. The lowest BCUT2D eigenvalue weighted by molar-refractivity contribution is 0.0931. The summed E-state index contributed by atoms with van der Waals surface area (Å²) >= 11 is 5.88. The number of rotatable bonds is 7. The number of hydrogen-bond acceptors (Lipinski definition) is 4. The van der Waals surface area contributed by atoms with Crippen LogP contribution in [0.3, 0.4) is 0 Å². The summed E-state index contributed by atoms with van der Waals surface area (Å²) in [7, 11) is 1.58. The highest BCUT2D eigenvalue weighted by molar-refractivity contribution is 6.30. The molecule has 0 fully saturated rings. The van der Waals surface area contributed by atoms with Crippen LogP contribution in [0.15, 0.2) is 24.3 Å². The molecule has 0 saturated carbocycles. The summed E-state index contributed by atoms with van der Waals surface area (Å²) < 4.78 is 6.82. The molecule has 1 aromatic carbocycles. The molecule has 2 N–H and O–H groups in total. The van der Waals surface area contributed by atoms with Crippen molar-refractivity contribution < 1.29 is 14.3 Å². The van der Waals surface area contributed by atoms with Gasteiger partial charge in [-0.25, -0.2) is 4.98 Å². The number of halogens is 1. The number of fused-ring (bicyclic) bond motifs is 1. The SMILES string of the molecule is COCCNC(=O)c1nc(C(=O)NCc2ccc(Cl)cc2)n2c1CCCC2. The van der Waals surface area contributed by atoms with Gasteiger partial charge in [0.15, 0.2) is 5.82 Å². The van der Waals surface area contributed by atoms with E-state index in [9.17, 15) is 9.59 Å². The summed E-state index contributed by atoms with van der Waals surface area (Å²) in [6.45, 7) is 1.89. The highest BCUT2D eigenvalue weighted by Crippen LogP contribution is 2.21. The van der Waals surface area contributed by atoms with Gasteiger partial charge in [0.05, 0.1) is 12.3 Å². The number of aromatic nitrogens is 2. The maximum atomic E-state index is 12.7. The Labute approximate surface area is 163 Å². The second kappa shape index (κ2) is 9.01. The van der Waals surface area contributed by atoms with E-state index in [1.807, 2.05) is 16.7 Å². The van der Waals surface area contributed by atoms with Gasteiger partial charge in [0.1, 0.15) is 5.69 Å². The minimum absolute atomic E-state index is 0.269. The maximum Gasteiger partial charge on any atom is 0.287 e. The molecule has 0 radical (unpaired) electrons. The lowest BCUT2D eigenvalue weighted by Crippen LogP contribution is -2.28. The van der Waals surface area contributed by atoms with E-state index in [1.54, 1.807) is 19.2 Å². The number of nitrogens with one attached hydrogen (secondary N) is 2. The van der Waals surface area contributed by atoms with Crippen molar-refractivity contribution in [1.29, 1.82) is 0 Å². The number of benzene rings is 1. The van der Waals surface area contributed by atoms with Crippen molar-refractivity contribution in [3.63, 3.8) is 0 Å². The zero-order valence-corrected chi connectivity index (χ0v) is 16.0. The van der Waals surface area contributed by atoms with Gasteiger partial charge in [-0.1, -0.05) is 23.7 Å². The van der Waals surface area contributed by atoms with E-state index in [0.717, 1.165) is 30.5 Å². The molecule has 27 heavy (non-hydrogen) atoms. The van der Waals surface area contributed by atoms with Crippen LogP contribution in [0.25, 0.3) is 0 Å². The van der Waals surface area contributed by atoms with Crippen molar-refractivity contribution in [3.8, 4) is 0 Å². The average molecular weight is 391 g/mol. The van der Waals surface area contributed by atoms with E-state index in [0.29, 0.717) is 37.0 Å². The molecule has 2 aromatic rings. The molecule has 1 aromatic heterocycles. The van der Waals surface area contributed by atoms with Crippen molar-refractivity contribution in [2.45, 2.75) is 32.4 Å². The molecule has 3 rings (SSSR count). The normalized spacial score (nSPS) is 13.1. The van der Waals surface area contributed by atoms with E-state index < -0.39 is 0 Å². The Balaban J connectivity index is 1.74. The molecule has 0 aliphatic carbocycles. The molecule has 0 atom stereocenters. The Morgan fingerprint density at radius 1 is 1.19 bits per heavy atom. The summed E-state index contributed by atoms with van der Waals surface area (Å²) in [6, 6.07) is 7.28. The van der Waals surface area contributed by atoms with Crippen molar-refractivity contribution >= 4 is 23.4 Å². The summed E-state index contributed by atoms with van der Waals surface area (Å²) in [6.07, 6.45) is 2.69. The number of ether oxygens (including phenoxy) is 1. The van der Waals surface area contributed by atoms with Gasteiger partial charge in [0.25, 0.3) is 11.8 Å². The third-order valence-electron chi connectivity index (χ3n) is 4.49. The van der Waals surface area contributed by atoms with E-state index in [-0.39, 0.29) is 17.6 Å². The van der Waals surface area contributed by atoms with Crippen molar-refractivity contribution in [3.05, 3.63) is 52.1 Å². The predicted octanol–water partition coefficient (Wildman–Crippen LogP) is 2.18. The molecule has 7 nitrogen and oxygen atoms in total. The fourth-order valence-electron chi connectivity index (χ4n) is 3.11. The lowest BCUT2D eigenvalue weighted by atomic mass is 10.1. The monoisotopic (exact) mass is 390 g/mol. The Morgan fingerprint density at radius 2 is 1.96 bits per heavy atom. The summed E-state index contributed by atoms with van der Waals surface area (Å²) in [5.74, 6) is -0.269. The van der Waals surface area contributed by atoms with Crippen LogP contribution in [-0.2, 0) is 24.2 Å². The van der Waals surface area contributed by atoms with Gasteiger partial charge in [-0.05, 0) is 37.0 Å². The first kappa shape index (κ1) is 19.4. The maximum absolute atomic E-state index is 12.7. The van der Waals surface area contributed by atoms with Gasteiger partial charge in [-0.3, -0.25) is 9.59 Å². The third-order valence-corrected chi connectivity index (χ3v) is 4.75. The topological polar surface area (TPSA) is 85.2 Å². The van der Waals surface area contributed by atoms with E-state index in [1.165, 1.54) is 0 Å². The van der Waals surface area contributed by atoms with E-state index >= 15 is 0 Å². The van der Waals surface area contributed by atoms with Crippen molar-refractivity contribution in [2.24, 2.45) is 0 Å². The highest BCUT2D eigenvalue weighted by Gasteiger charge is 2.27. The van der Waals surface area contributed by atoms with Gasteiger partial charge in [-0.15, -0.1) is 0 Å². The first-order chi connectivity index (χ1) is 13.1. The fraction of sp³-hybridized carbons (Fsp3) is 0.421. The van der Waals surface area contributed by atoms with Gasteiger partial charge < -0.3 is 19.9 Å². The van der Waals surface area contributed by atoms with Crippen molar-refractivity contribution in [1.82, 2.24) is 20.2 Å². The molecule has 144 valence electrons. The van der Waals surface area contributed by atoms with Crippen molar-refractivity contribution in [2.75, 3.05) is 20.3 Å². The largest absolute Gasteiger partial charge is 0.383 e. The minimum Gasteiger partial charge on any atom is -0.383 e. The van der Waals surface area contributed by atoms with Crippen LogP contribution in [0.1, 0.15) is 45.2 Å².